The number of piperidine rings is 1. The second-order valence-corrected chi connectivity index (χ2v) is 7.77. The Morgan fingerprint density at radius 2 is 1.85 bits per heavy atom. The molecular weight excluding hydrogens is 328 g/mol. The highest BCUT2D eigenvalue weighted by molar-refractivity contribution is 5.56. The fraction of sp³-hybridized carbons (Fsp3) is 0.550. The summed E-state index contributed by atoms with van der Waals surface area (Å²) < 4.78 is 1.61. The lowest BCUT2D eigenvalue weighted by Gasteiger charge is -2.42. The predicted molar refractivity (Wildman–Crippen MR) is 99.7 cm³/mol. The number of nitrogens with zero attached hydrogens (tertiary/aromatic N) is 4. The monoisotopic (exact) mass is 354 g/mol. The first kappa shape index (κ1) is 17.4. The van der Waals surface area contributed by atoms with Crippen LogP contribution in [0.5, 0.6) is 0 Å². The van der Waals surface area contributed by atoms with Gasteiger partial charge in [0.15, 0.2) is 0 Å². The van der Waals surface area contributed by atoms with E-state index in [4.69, 9.17) is 0 Å². The maximum absolute atomic E-state index is 12.2. The molecule has 2 aromatic rings. The number of aliphatic hydroxyl groups is 1. The van der Waals surface area contributed by atoms with Crippen molar-refractivity contribution in [1.82, 2.24) is 19.7 Å². The molecule has 26 heavy (non-hydrogen) atoms. The summed E-state index contributed by atoms with van der Waals surface area (Å²) in [6, 6.07) is 7.18. The van der Waals surface area contributed by atoms with E-state index in [0.29, 0.717) is 12.5 Å². The van der Waals surface area contributed by atoms with Crippen LogP contribution in [-0.2, 0) is 6.54 Å². The number of aromatic nitrogens is 3. The average molecular weight is 354 g/mol. The number of likely N-dealkylation sites (tertiary alicyclic amines) is 1. The molecule has 0 amide bonds. The summed E-state index contributed by atoms with van der Waals surface area (Å²) >= 11 is 0. The van der Waals surface area contributed by atoms with E-state index < -0.39 is 5.60 Å². The number of rotatable bonds is 5. The first-order valence-corrected chi connectivity index (χ1v) is 9.55. The Morgan fingerprint density at radius 1 is 1.12 bits per heavy atom. The first-order valence-electron chi connectivity index (χ1n) is 9.55. The van der Waals surface area contributed by atoms with Crippen LogP contribution in [0.25, 0.3) is 11.3 Å². The van der Waals surface area contributed by atoms with Crippen LogP contribution in [0, 0.1) is 5.92 Å². The van der Waals surface area contributed by atoms with Crippen molar-refractivity contribution in [2.75, 3.05) is 19.6 Å². The highest BCUT2D eigenvalue weighted by Crippen LogP contribution is 2.33. The van der Waals surface area contributed by atoms with Gasteiger partial charge in [0, 0.05) is 37.1 Å². The largest absolute Gasteiger partial charge is 0.389 e. The zero-order valence-corrected chi connectivity index (χ0v) is 15.0. The number of hydrogen-bond acceptors (Lipinski definition) is 5. The molecule has 1 saturated heterocycles. The van der Waals surface area contributed by atoms with E-state index in [1.54, 1.807) is 29.2 Å². The number of β-amino-alcohol motifs (C(OH)–C–C–N with tert-alkyl or cyclic N) is 1. The van der Waals surface area contributed by atoms with Gasteiger partial charge in [-0.15, -0.1) is 0 Å². The van der Waals surface area contributed by atoms with Crippen molar-refractivity contribution in [3.8, 4) is 11.3 Å². The van der Waals surface area contributed by atoms with Gasteiger partial charge in [-0.1, -0.05) is 0 Å². The predicted octanol–water partition coefficient (Wildman–Crippen LogP) is 1.93. The van der Waals surface area contributed by atoms with Crippen LogP contribution in [0.4, 0.5) is 0 Å². The zero-order valence-electron chi connectivity index (χ0n) is 15.0. The molecule has 1 aliphatic heterocycles. The fourth-order valence-corrected chi connectivity index (χ4v) is 3.99. The molecule has 4 rings (SSSR count). The Labute approximate surface area is 153 Å². The molecule has 1 saturated carbocycles. The third-order valence-corrected chi connectivity index (χ3v) is 5.78. The average Bonchev–Trinajstić information content (AvgIpc) is 2.64. The lowest BCUT2D eigenvalue weighted by atomic mass is 9.79. The van der Waals surface area contributed by atoms with Crippen molar-refractivity contribution in [1.29, 1.82) is 0 Å². The summed E-state index contributed by atoms with van der Waals surface area (Å²) in [4.78, 5) is 18.6. The molecule has 0 unspecified atom stereocenters. The SMILES string of the molecule is O=c1ccc(-c2ccncc2)nn1CC1CCN(CC2(O)CCC2)CC1. The molecule has 2 aliphatic rings. The van der Waals surface area contributed by atoms with Gasteiger partial charge < -0.3 is 10.0 Å². The summed E-state index contributed by atoms with van der Waals surface area (Å²) in [5.41, 5.74) is 1.28. The maximum Gasteiger partial charge on any atom is 0.266 e. The van der Waals surface area contributed by atoms with E-state index in [9.17, 15) is 9.90 Å². The molecule has 6 heteroatoms. The van der Waals surface area contributed by atoms with Crippen molar-refractivity contribution in [2.24, 2.45) is 5.92 Å². The van der Waals surface area contributed by atoms with Crippen LogP contribution in [-0.4, -0.2) is 50.0 Å². The topological polar surface area (TPSA) is 71.2 Å². The maximum atomic E-state index is 12.2. The van der Waals surface area contributed by atoms with E-state index in [1.165, 1.54) is 0 Å². The van der Waals surface area contributed by atoms with Gasteiger partial charge in [-0.05, 0) is 69.3 Å². The third kappa shape index (κ3) is 3.86. The molecule has 0 atom stereocenters. The Kier molecular flexibility index (Phi) is 4.87. The van der Waals surface area contributed by atoms with Gasteiger partial charge in [-0.2, -0.15) is 5.10 Å². The standard InChI is InChI=1S/C20H26N4O2/c25-19-3-2-18(17-4-10-21-11-5-17)22-24(19)14-16-6-12-23(13-7-16)15-20(26)8-1-9-20/h2-5,10-11,16,26H,1,6-9,12-15H2. The Bertz CT molecular complexity index is 793. The molecule has 0 aromatic carbocycles. The molecule has 2 fully saturated rings. The van der Waals surface area contributed by atoms with E-state index in [-0.39, 0.29) is 5.56 Å². The molecule has 0 spiro atoms. The molecule has 1 N–H and O–H groups in total. The highest BCUT2D eigenvalue weighted by atomic mass is 16.3. The van der Waals surface area contributed by atoms with Gasteiger partial charge in [-0.25, -0.2) is 4.68 Å². The van der Waals surface area contributed by atoms with E-state index in [1.807, 2.05) is 12.1 Å². The highest BCUT2D eigenvalue weighted by Gasteiger charge is 2.36. The minimum absolute atomic E-state index is 0.0472. The van der Waals surface area contributed by atoms with Crippen molar-refractivity contribution in [3.63, 3.8) is 0 Å². The van der Waals surface area contributed by atoms with E-state index in [0.717, 1.165) is 63.0 Å². The Morgan fingerprint density at radius 3 is 2.50 bits per heavy atom. The summed E-state index contributed by atoms with van der Waals surface area (Å²) in [6.07, 6.45) is 8.58. The number of hydrogen-bond donors (Lipinski definition) is 1. The van der Waals surface area contributed by atoms with Crippen molar-refractivity contribution in [3.05, 3.63) is 47.0 Å². The fourth-order valence-electron chi connectivity index (χ4n) is 3.99. The normalized spacial score (nSPS) is 20.7. The summed E-state index contributed by atoms with van der Waals surface area (Å²) in [7, 11) is 0. The number of pyridine rings is 1. The molecule has 6 nitrogen and oxygen atoms in total. The first-order chi connectivity index (χ1) is 12.6. The van der Waals surface area contributed by atoms with Gasteiger partial charge in [0.25, 0.3) is 5.56 Å². The summed E-state index contributed by atoms with van der Waals surface area (Å²) in [5.74, 6) is 0.458. The quantitative estimate of drug-likeness (QED) is 0.888. The minimum atomic E-state index is -0.440. The second kappa shape index (κ2) is 7.29. The van der Waals surface area contributed by atoms with Crippen molar-refractivity contribution < 1.29 is 5.11 Å². The zero-order chi connectivity index (χ0) is 18.0. The third-order valence-electron chi connectivity index (χ3n) is 5.78. The smallest absolute Gasteiger partial charge is 0.266 e. The molecule has 0 bridgehead atoms. The van der Waals surface area contributed by atoms with Crippen molar-refractivity contribution in [2.45, 2.75) is 44.2 Å². The minimum Gasteiger partial charge on any atom is -0.389 e. The second-order valence-electron chi connectivity index (χ2n) is 7.77. The molecule has 2 aromatic heterocycles. The van der Waals surface area contributed by atoms with Crippen LogP contribution in [0.15, 0.2) is 41.5 Å². The molecular formula is C20H26N4O2. The van der Waals surface area contributed by atoms with Gasteiger partial charge in [0.2, 0.25) is 0 Å². The molecule has 3 heterocycles. The van der Waals surface area contributed by atoms with Crippen LogP contribution >= 0.6 is 0 Å². The van der Waals surface area contributed by atoms with Crippen LogP contribution in [0.1, 0.15) is 32.1 Å². The lowest BCUT2D eigenvalue weighted by Crippen LogP contribution is -2.50. The van der Waals surface area contributed by atoms with Crippen LogP contribution in [0.2, 0.25) is 0 Å². The van der Waals surface area contributed by atoms with Crippen molar-refractivity contribution >= 4 is 0 Å². The molecule has 138 valence electrons. The van der Waals surface area contributed by atoms with E-state index in [2.05, 4.69) is 15.0 Å². The van der Waals surface area contributed by atoms with Gasteiger partial charge >= 0.3 is 0 Å². The summed E-state index contributed by atoms with van der Waals surface area (Å²) in [5, 5.41) is 14.9. The lowest BCUT2D eigenvalue weighted by molar-refractivity contribution is -0.0640. The van der Waals surface area contributed by atoms with Gasteiger partial charge in [0.1, 0.15) is 0 Å². The van der Waals surface area contributed by atoms with Crippen LogP contribution in [0.3, 0.4) is 0 Å². The molecule has 0 radical (unpaired) electrons. The molecule has 1 aliphatic carbocycles. The van der Waals surface area contributed by atoms with Gasteiger partial charge in [-0.3, -0.25) is 9.78 Å². The van der Waals surface area contributed by atoms with E-state index >= 15 is 0 Å². The van der Waals surface area contributed by atoms with Crippen LogP contribution < -0.4 is 5.56 Å². The van der Waals surface area contributed by atoms with Gasteiger partial charge in [0.05, 0.1) is 11.3 Å². The summed E-state index contributed by atoms with van der Waals surface area (Å²) in [6.45, 7) is 3.45. The Hall–Kier alpha value is -2.05. The Balaban J connectivity index is 1.38.